The highest BCUT2D eigenvalue weighted by Crippen LogP contribution is 2.26. The maximum absolute atomic E-state index is 5.54. The molecule has 1 N–H and O–H groups in total. The number of hydrogen-bond donors (Lipinski definition) is 1. The first kappa shape index (κ1) is 5.69. The first-order chi connectivity index (χ1) is 4.45. The summed E-state index contributed by atoms with van der Waals surface area (Å²) < 4.78 is 5.54. The monoisotopic (exact) mass is 127 g/mol. The predicted octanol–water partition coefficient (Wildman–Crippen LogP) is 0.527. The van der Waals surface area contributed by atoms with Gasteiger partial charge in [-0.2, -0.15) is 0 Å². The Labute approximate surface area is 55.6 Å². The van der Waals surface area contributed by atoms with Crippen LogP contribution in [0.2, 0.25) is 0 Å². The third-order valence-electron chi connectivity index (χ3n) is 2.20. The van der Waals surface area contributed by atoms with Crippen molar-refractivity contribution in [3.05, 3.63) is 0 Å². The van der Waals surface area contributed by atoms with Gasteiger partial charge in [-0.1, -0.05) is 0 Å². The molecule has 2 unspecified atom stereocenters. The highest BCUT2D eigenvalue weighted by atomic mass is 16.5. The highest BCUT2D eigenvalue weighted by molar-refractivity contribution is 4.80. The molecule has 2 nitrogen and oxygen atoms in total. The minimum absolute atomic E-state index is 0.600. The van der Waals surface area contributed by atoms with Gasteiger partial charge in [0.05, 0.1) is 12.2 Å². The standard InChI is InChI=1S/C7H13NO/c1-3-8-4-2-7-5-6(1)9-7/h6-8H,1-5H2. The lowest BCUT2D eigenvalue weighted by Crippen LogP contribution is -2.43. The summed E-state index contributed by atoms with van der Waals surface area (Å²) >= 11 is 0. The van der Waals surface area contributed by atoms with Gasteiger partial charge in [-0.3, -0.25) is 0 Å². The zero-order chi connectivity index (χ0) is 6.10. The Kier molecular flexibility index (Phi) is 1.44. The molecular weight excluding hydrogens is 114 g/mol. The van der Waals surface area contributed by atoms with Crippen molar-refractivity contribution in [3.63, 3.8) is 0 Å². The van der Waals surface area contributed by atoms with E-state index in [-0.39, 0.29) is 0 Å². The first-order valence-electron chi connectivity index (χ1n) is 3.81. The summed E-state index contributed by atoms with van der Waals surface area (Å²) in [5.41, 5.74) is 0. The van der Waals surface area contributed by atoms with Crippen LogP contribution >= 0.6 is 0 Å². The Balaban J connectivity index is 1.85. The van der Waals surface area contributed by atoms with Crippen molar-refractivity contribution < 1.29 is 4.74 Å². The molecule has 52 valence electrons. The summed E-state index contributed by atoms with van der Waals surface area (Å²) in [6.45, 7) is 2.30. The fourth-order valence-electron chi connectivity index (χ4n) is 1.58. The van der Waals surface area contributed by atoms with Crippen LogP contribution in [0.5, 0.6) is 0 Å². The van der Waals surface area contributed by atoms with Gasteiger partial charge in [-0.15, -0.1) is 0 Å². The van der Waals surface area contributed by atoms with Crippen molar-refractivity contribution in [2.45, 2.75) is 31.5 Å². The van der Waals surface area contributed by atoms with Crippen molar-refractivity contribution in [2.24, 2.45) is 0 Å². The van der Waals surface area contributed by atoms with Gasteiger partial charge >= 0.3 is 0 Å². The summed E-state index contributed by atoms with van der Waals surface area (Å²) in [7, 11) is 0. The molecule has 0 radical (unpaired) electrons. The molecule has 2 atom stereocenters. The Hall–Kier alpha value is -0.0800. The first-order valence-corrected chi connectivity index (χ1v) is 3.81. The average molecular weight is 127 g/mol. The fourth-order valence-corrected chi connectivity index (χ4v) is 1.58. The molecule has 2 heteroatoms. The Morgan fingerprint density at radius 1 is 1.11 bits per heavy atom. The maximum atomic E-state index is 5.54. The lowest BCUT2D eigenvalue weighted by atomic mass is 9.98. The van der Waals surface area contributed by atoms with Crippen LogP contribution < -0.4 is 5.32 Å². The lowest BCUT2D eigenvalue weighted by molar-refractivity contribution is -0.133. The third-order valence-corrected chi connectivity index (χ3v) is 2.20. The summed E-state index contributed by atoms with van der Waals surface area (Å²) in [6.07, 6.45) is 4.96. The topological polar surface area (TPSA) is 21.3 Å². The number of fused-ring (bicyclic) bond motifs is 4. The molecule has 3 aliphatic heterocycles. The van der Waals surface area contributed by atoms with Gasteiger partial charge in [0, 0.05) is 0 Å². The largest absolute Gasteiger partial charge is 0.375 e. The zero-order valence-electron chi connectivity index (χ0n) is 5.60. The molecule has 0 saturated carbocycles. The van der Waals surface area contributed by atoms with Crippen LogP contribution in [0.15, 0.2) is 0 Å². The van der Waals surface area contributed by atoms with Crippen LogP contribution in [0.3, 0.4) is 0 Å². The Bertz CT molecular complexity index is 83.6. The normalized spacial score (nSPS) is 42.7. The third kappa shape index (κ3) is 1.10. The van der Waals surface area contributed by atoms with Crippen LogP contribution in [0.4, 0.5) is 0 Å². The minimum atomic E-state index is 0.600. The second-order valence-electron chi connectivity index (χ2n) is 2.94. The summed E-state index contributed by atoms with van der Waals surface area (Å²) in [5, 5.41) is 3.37. The van der Waals surface area contributed by atoms with E-state index in [2.05, 4.69) is 5.32 Å². The van der Waals surface area contributed by atoms with E-state index in [4.69, 9.17) is 4.74 Å². The van der Waals surface area contributed by atoms with Crippen molar-refractivity contribution in [1.29, 1.82) is 0 Å². The highest BCUT2D eigenvalue weighted by Gasteiger charge is 2.30. The summed E-state index contributed by atoms with van der Waals surface area (Å²) in [5.74, 6) is 0. The van der Waals surface area contributed by atoms with E-state index in [1.54, 1.807) is 0 Å². The quantitative estimate of drug-likeness (QED) is 0.512. The molecule has 2 bridgehead atoms. The van der Waals surface area contributed by atoms with Gasteiger partial charge in [-0.05, 0) is 32.4 Å². The van der Waals surface area contributed by atoms with Crippen molar-refractivity contribution in [1.82, 2.24) is 5.32 Å². The molecular formula is C7H13NO. The number of nitrogens with one attached hydrogen (secondary N) is 1. The van der Waals surface area contributed by atoms with E-state index in [0.29, 0.717) is 12.2 Å². The van der Waals surface area contributed by atoms with Crippen LogP contribution in [0.1, 0.15) is 19.3 Å². The molecule has 3 rings (SSSR count). The van der Waals surface area contributed by atoms with E-state index in [1.807, 2.05) is 0 Å². The molecule has 0 aromatic carbocycles. The average Bonchev–Trinajstić information content (AvgIpc) is 1.54. The summed E-state index contributed by atoms with van der Waals surface area (Å²) in [6, 6.07) is 0. The van der Waals surface area contributed by atoms with Crippen LogP contribution in [0.25, 0.3) is 0 Å². The van der Waals surface area contributed by atoms with E-state index in [0.717, 1.165) is 13.1 Å². The van der Waals surface area contributed by atoms with Gasteiger partial charge in [0.15, 0.2) is 0 Å². The van der Waals surface area contributed by atoms with Gasteiger partial charge in [-0.25, -0.2) is 0 Å². The van der Waals surface area contributed by atoms with Gasteiger partial charge in [0.2, 0.25) is 0 Å². The molecule has 0 amide bonds. The van der Waals surface area contributed by atoms with Crippen LogP contribution in [-0.4, -0.2) is 25.3 Å². The minimum Gasteiger partial charge on any atom is -0.375 e. The number of ether oxygens (including phenoxy) is 1. The lowest BCUT2D eigenvalue weighted by Gasteiger charge is -2.38. The van der Waals surface area contributed by atoms with Crippen molar-refractivity contribution in [3.8, 4) is 0 Å². The summed E-state index contributed by atoms with van der Waals surface area (Å²) in [4.78, 5) is 0. The zero-order valence-corrected chi connectivity index (χ0v) is 5.60. The Morgan fingerprint density at radius 3 is 2.22 bits per heavy atom. The van der Waals surface area contributed by atoms with Crippen molar-refractivity contribution in [2.75, 3.05) is 13.1 Å². The number of hydrogen-bond acceptors (Lipinski definition) is 2. The van der Waals surface area contributed by atoms with E-state index in [1.165, 1.54) is 19.3 Å². The number of rotatable bonds is 0. The molecule has 0 aromatic heterocycles. The molecule has 0 aromatic rings. The second kappa shape index (κ2) is 2.27. The van der Waals surface area contributed by atoms with Gasteiger partial charge in [0.25, 0.3) is 0 Å². The Morgan fingerprint density at radius 2 is 1.67 bits per heavy atom. The molecule has 3 saturated heterocycles. The molecule has 0 spiro atoms. The fraction of sp³-hybridized carbons (Fsp3) is 1.00. The molecule has 0 aliphatic carbocycles. The SMILES string of the molecule is C1CC2CC(CCN1)O2. The van der Waals surface area contributed by atoms with Crippen molar-refractivity contribution >= 4 is 0 Å². The molecule has 9 heavy (non-hydrogen) atoms. The predicted molar refractivity (Wildman–Crippen MR) is 35.4 cm³/mol. The molecule has 3 fully saturated rings. The molecule has 3 aliphatic rings. The molecule has 3 heterocycles. The van der Waals surface area contributed by atoms with Crippen LogP contribution in [-0.2, 0) is 4.74 Å². The van der Waals surface area contributed by atoms with Crippen LogP contribution in [0, 0.1) is 0 Å². The second-order valence-corrected chi connectivity index (χ2v) is 2.94. The van der Waals surface area contributed by atoms with E-state index >= 15 is 0 Å². The van der Waals surface area contributed by atoms with Gasteiger partial charge in [0.1, 0.15) is 0 Å². The van der Waals surface area contributed by atoms with Gasteiger partial charge < -0.3 is 10.1 Å². The van der Waals surface area contributed by atoms with E-state index < -0.39 is 0 Å². The smallest absolute Gasteiger partial charge is 0.0615 e. The maximum Gasteiger partial charge on any atom is 0.0615 e. The van der Waals surface area contributed by atoms with E-state index in [9.17, 15) is 0 Å².